The predicted molar refractivity (Wildman–Crippen MR) is 60.8 cm³/mol. The highest BCUT2D eigenvalue weighted by Gasteiger charge is 2.39. The van der Waals surface area contributed by atoms with E-state index in [0.29, 0.717) is 0 Å². The molecule has 1 N–H and O–H groups in total. The van der Waals surface area contributed by atoms with Gasteiger partial charge in [-0.25, -0.2) is 4.79 Å². The van der Waals surface area contributed by atoms with Crippen molar-refractivity contribution in [1.82, 2.24) is 0 Å². The van der Waals surface area contributed by atoms with E-state index in [4.69, 9.17) is 15.1 Å². The Kier molecular flexibility index (Phi) is 4.45. The number of hydrogen-bond donors (Lipinski definition) is 1. The minimum absolute atomic E-state index is 0.114. The fourth-order valence-corrected chi connectivity index (χ4v) is 1.42. The minimum atomic E-state index is -4.64. The SMILES string of the molecule is COc1c(C#N)ccc(O[C@@H](C)C(F)(F)F)c1C(=O)O. The fourth-order valence-electron chi connectivity index (χ4n) is 1.42. The van der Waals surface area contributed by atoms with E-state index in [1.807, 2.05) is 0 Å². The summed E-state index contributed by atoms with van der Waals surface area (Å²) in [4.78, 5) is 11.2. The molecule has 0 saturated heterocycles. The number of carboxylic acid groups (broad SMARTS) is 1. The summed E-state index contributed by atoms with van der Waals surface area (Å²) in [6, 6.07) is 3.81. The molecule has 0 heterocycles. The molecule has 0 amide bonds. The minimum Gasteiger partial charge on any atom is -0.494 e. The molecule has 1 aromatic rings. The Morgan fingerprint density at radius 3 is 2.45 bits per heavy atom. The number of rotatable bonds is 4. The molecule has 0 radical (unpaired) electrons. The first-order valence-electron chi connectivity index (χ1n) is 5.30. The van der Waals surface area contributed by atoms with Crippen molar-refractivity contribution in [2.24, 2.45) is 0 Å². The summed E-state index contributed by atoms with van der Waals surface area (Å²) in [5, 5.41) is 17.9. The zero-order valence-electron chi connectivity index (χ0n) is 10.5. The van der Waals surface area contributed by atoms with Crippen LogP contribution in [0.1, 0.15) is 22.8 Å². The molecule has 0 unspecified atom stereocenters. The number of alkyl halides is 3. The van der Waals surface area contributed by atoms with E-state index in [1.54, 1.807) is 6.07 Å². The van der Waals surface area contributed by atoms with Crippen LogP contribution < -0.4 is 9.47 Å². The lowest BCUT2D eigenvalue weighted by Crippen LogP contribution is -2.31. The number of nitrogens with zero attached hydrogens (tertiary/aromatic N) is 1. The smallest absolute Gasteiger partial charge is 0.425 e. The van der Waals surface area contributed by atoms with Crippen LogP contribution in [0.3, 0.4) is 0 Å². The van der Waals surface area contributed by atoms with E-state index < -0.39 is 29.6 Å². The maximum Gasteiger partial charge on any atom is 0.425 e. The van der Waals surface area contributed by atoms with Crippen LogP contribution in [-0.2, 0) is 0 Å². The highest BCUT2D eigenvalue weighted by Crippen LogP contribution is 2.34. The third-order valence-corrected chi connectivity index (χ3v) is 2.42. The van der Waals surface area contributed by atoms with Gasteiger partial charge in [0.1, 0.15) is 17.4 Å². The molecule has 8 heteroatoms. The van der Waals surface area contributed by atoms with E-state index in [2.05, 4.69) is 4.74 Å². The Balaban J connectivity index is 3.35. The third kappa shape index (κ3) is 3.12. The second-order valence-corrected chi connectivity index (χ2v) is 3.74. The molecular formula is C12H10F3NO4. The van der Waals surface area contributed by atoms with Crippen LogP contribution in [0.4, 0.5) is 13.2 Å². The molecule has 0 aliphatic carbocycles. The van der Waals surface area contributed by atoms with Gasteiger partial charge in [0.15, 0.2) is 11.9 Å². The first kappa shape index (κ1) is 15.6. The van der Waals surface area contributed by atoms with Crippen molar-refractivity contribution in [2.45, 2.75) is 19.2 Å². The molecule has 0 bridgehead atoms. The molecule has 1 rings (SSSR count). The fraction of sp³-hybridized carbons (Fsp3) is 0.333. The van der Waals surface area contributed by atoms with Gasteiger partial charge >= 0.3 is 12.1 Å². The second kappa shape index (κ2) is 5.69. The zero-order chi connectivity index (χ0) is 15.5. The number of hydrogen-bond acceptors (Lipinski definition) is 4. The summed E-state index contributed by atoms with van der Waals surface area (Å²) in [5.41, 5.74) is -0.737. The lowest BCUT2D eigenvalue weighted by atomic mass is 10.1. The number of halogens is 3. The number of methoxy groups -OCH3 is 1. The van der Waals surface area contributed by atoms with Crippen molar-refractivity contribution >= 4 is 5.97 Å². The standard InChI is InChI=1S/C12H10F3NO4/c1-6(12(13,14)15)20-8-4-3-7(5-16)10(19-2)9(8)11(17)18/h3-4,6H,1-2H3,(H,17,18)/t6-/m0/s1. The number of carboxylic acids is 1. The van der Waals surface area contributed by atoms with E-state index in [-0.39, 0.29) is 11.3 Å². The van der Waals surface area contributed by atoms with Crippen LogP contribution in [0.2, 0.25) is 0 Å². The van der Waals surface area contributed by atoms with Crippen LogP contribution in [0.15, 0.2) is 12.1 Å². The van der Waals surface area contributed by atoms with Crippen LogP contribution in [0.5, 0.6) is 11.5 Å². The average molecular weight is 289 g/mol. The predicted octanol–water partition coefficient (Wildman–Crippen LogP) is 2.59. The lowest BCUT2D eigenvalue weighted by Gasteiger charge is -2.20. The Morgan fingerprint density at radius 2 is 2.05 bits per heavy atom. The maximum atomic E-state index is 12.4. The molecule has 0 fully saturated rings. The first-order valence-corrected chi connectivity index (χ1v) is 5.30. The van der Waals surface area contributed by atoms with Crippen molar-refractivity contribution in [1.29, 1.82) is 5.26 Å². The third-order valence-electron chi connectivity index (χ3n) is 2.42. The van der Waals surface area contributed by atoms with Gasteiger partial charge in [0, 0.05) is 0 Å². The summed E-state index contributed by atoms with van der Waals surface area (Å²) in [6.07, 6.45) is -6.84. The van der Waals surface area contributed by atoms with Gasteiger partial charge in [-0.15, -0.1) is 0 Å². The van der Waals surface area contributed by atoms with E-state index >= 15 is 0 Å². The number of benzene rings is 1. The average Bonchev–Trinajstić information content (AvgIpc) is 2.36. The quantitative estimate of drug-likeness (QED) is 0.921. The van der Waals surface area contributed by atoms with Crippen LogP contribution in [-0.4, -0.2) is 30.5 Å². The summed E-state index contributed by atoms with van der Waals surface area (Å²) in [6.45, 7) is 0.746. The van der Waals surface area contributed by atoms with E-state index in [9.17, 15) is 18.0 Å². The van der Waals surface area contributed by atoms with Gasteiger partial charge in [-0.3, -0.25) is 0 Å². The Hall–Kier alpha value is -2.43. The lowest BCUT2D eigenvalue weighted by molar-refractivity contribution is -0.189. The van der Waals surface area contributed by atoms with Crippen molar-refractivity contribution in [3.05, 3.63) is 23.3 Å². The summed E-state index contributed by atoms with van der Waals surface area (Å²) < 4.78 is 46.7. The van der Waals surface area contributed by atoms with Gasteiger partial charge in [0.2, 0.25) is 0 Å². The monoisotopic (exact) mass is 289 g/mol. The molecular weight excluding hydrogens is 279 g/mol. The molecule has 0 spiro atoms. The summed E-state index contributed by atoms with van der Waals surface area (Å²) in [7, 11) is 1.11. The molecule has 0 aliphatic heterocycles. The Labute approximate surface area is 112 Å². The van der Waals surface area contributed by atoms with Gasteiger partial charge in [0.05, 0.1) is 12.7 Å². The Bertz CT molecular complexity index is 563. The molecule has 108 valence electrons. The number of aromatic carboxylic acids is 1. The summed E-state index contributed by atoms with van der Waals surface area (Å²) in [5.74, 6) is -2.41. The summed E-state index contributed by atoms with van der Waals surface area (Å²) >= 11 is 0. The normalized spacial score (nSPS) is 12.4. The van der Waals surface area contributed by atoms with Gasteiger partial charge in [-0.2, -0.15) is 18.4 Å². The number of ether oxygens (including phenoxy) is 2. The second-order valence-electron chi connectivity index (χ2n) is 3.74. The molecule has 5 nitrogen and oxygen atoms in total. The molecule has 20 heavy (non-hydrogen) atoms. The van der Waals surface area contributed by atoms with Gasteiger partial charge in [0.25, 0.3) is 0 Å². The highest BCUT2D eigenvalue weighted by molar-refractivity contribution is 5.95. The van der Waals surface area contributed by atoms with E-state index in [0.717, 1.165) is 26.2 Å². The molecule has 0 aliphatic rings. The number of nitriles is 1. The maximum absolute atomic E-state index is 12.4. The van der Waals surface area contributed by atoms with E-state index in [1.165, 1.54) is 0 Å². The number of carbonyl (C=O) groups is 1. The zero-order valence-corrected chi connectivity index (χ0v) is 10.5. The first-order chi connectivity index (χ1) is 9.22. The molecule has 1 atom stereocenters. The van der Waals surface area contributed by atoms with Gasteiger partial charge in [-0.1, -0.05) is 0 Å². The van der Waals surface area contributed by atoms with Crippen LogP contribution in [0.25, 0.3) is 0 Å². The van der Waals surface area contributed by atoms with Gasteiger partial charge < -0.3 is 14.6 Å². The Morgan fingerprint density at radius 1 is 1.45 bits per heavy atom. The topological polar surface area (TPSA) is 79.5 Å². The van der Waals surface area contributed by atoms with Crippen LogP contribution in [0, 0.1) is 11.3 Å². The molecule has 0 saturated carbocycles. The highest BCUT2D eigenvalue weighted by atomic mass is 19.4. The van der Waals surface area contributed by atoms with Crippen molar-refractivity contribution in [3.63, 3.8) is 0 Å². The molecule has 1 aromatic carbocycles. The van der Waals surface area contributed by atoms with Crippen molar-refractivity contribution in [2.75, 3.05) is 7.11 Å². The molecule has 0 aromatic heterocycles. The largest absolute Gasteiger partial charge is 0.494 e. The van der Waals surface area contributed by atoms with Gasteiger partial charge in [-0.05, 0) is 19.1 Å². The van der Waals surface area contributed by atoms with Crippen molar-refractivity contribution < 1.29 is 32.5 Å². The van der Waals surface area contributed by atoms with Crippen molar-refractivity contribution in [3.8, 4) is 17.6 Å². The van der Waals surface area contributed by atoms with Crippen LogP contribution >= 0.6 is 0 Å².